The van der Waals surface area contributed by atoms with Crippen molar-refractivity contribution >= 4 is 34.4 Å². The van der Waals surface area contributed by atoms with Gasteiger partial charge in [-0.15, -0.1) is 6.42 Å². The largest absolute Gasteiger partial charge is 0.493 e. The van der Waals surface area contributed by atoms with Crippen molar-refractivity contribution in [3.63, 3.8) is 0 Å². The molecule has 1 fully saturated rings. The van der Waals surface area contributed by atoms with Crippen molar-refractivity contribution < 1.29 is 28.5 Å². The number of aromatic nitrogens is 1. The number of halogens is 1. The minimum absolute atomic E-state index is 0.00232. The molecule has 1 aliphatic rings. The molecule has 1 aliphatic heterocycles. The molecule has 1 atom stereocenters. The van der Waals surface area contributed by atoms with E-state index in [1.54, 1.807) is 18.3 Å². The fourth-order valence-electron chi connectivity index (χ4n) is 4.08. The number of H-pyrrole nitrogens is 1. The molecular weight excluding hydrogens is 446 g/mol. The Hall–Kier alpha value is -3.63. The number of carbonyl (C=O) groups excluding carboxylic acids is 2. The van der Waals surface area contributed by atoms with E-state index in [4.69, 9.17) is 37.0 Å². The third kappa shape index (κ3) is 4.22. The minimum atomic E-state index is -1.35. The molecule has 0 radical (unpaired) electrons. The van der Waals surface area contributed by atoms with Crippen LogP contribution < -0.4 is 9.47 Å². The fourth-order valence-corrected chi connectivity index (χ4v) is 4.35. The SMILES string of the molecule is C#CCOc1c(Cl)cc([C@H](c2c[nH]c3ccccc23)C2C(=O)OC(C)(C)OC2=O)cc1OC. The van der Waals surface area contributed by atoms with E-state index >= 15 is 0 Å². The van der Waals surface area contributed by atoms with Gasteiger partial charge < -0.3 is 23.9 Å². The van der Waals surface area contributed by atoms with E-state index in [0.717, 1.165) is 10.9 Å². The number of cyclic esters (lactones) is 2. The number of terminal acetylenes is 1. The second-order valence-corrected chi connectivity index (χ2v) is 8.42. The van der Waals surface area contributed by atoms with Crippen LogP contribution in [0.3, 0.4) is 0 Å². The number of benzene rings is 2. The first kappa shape index (κ1) is 22.6. The molecule has 2 heterocycles. The molecule has 4 rings (SSSR count). The minimum Gasteiger partial charge on any atom is -0.493 e. The molecule has 1 saturated heterocycles. The number of esters is 2. The maximum Gasteiger partial charge on any atom is 0.324 e. The first-order valence-electron chi connectivity index (χ1n) is 10.2. The summed E-state index contributed by atoms with van der Waals surface area (Å²) in [6, 6.07) is 10.9. The van der Waals surface area contributed by atoms with Crippen LogP contribution in [0.5, 0.6) is 11.5 Å². The summed E-state index contributed by atoms with van der Waals surface area (Å²) >= 11 is 6.52. The van der Waals surface area contributed by atoms with Crippen LogP contribution in [-0.2, 0) is 19.1 Å². The number of hydrogen-bond acceptors (Lipinski definition) is 6. The number of para-hydroxylation sites is 1. The second-order valence-electron chi connectivity index (χ2n) is 8.01. The summed E-state index contributed by atoms with van der Waals surface area (Å²) in [6.07, 6.45) is 7.06. The Balaban J connectivity index is 1.91. The number of aromatic amines is 1. The zero-order valence-corrected chi connectivity index (χ0v) is 19.1. The van der Waals surface area contributed by atoms with Gasteiger partial charge in [-0.2, -0.15) is 0 Å². The number of carbonyl (C=O) groups is 2. The molecule has 1 aromatic heterocycles. The fraction of sp³-hybridized carbons (Fsp3) is 0.280. The lowest BCUT2D eigenvalue weighted by Gasteiger charge is -2.36. The topological polar surface area (TPSA) is 86.9 Å². The van der Waals surface area contributed by atoms with E-state index < -0.39 is 29.6 Å². The monoisotopic (exact) mass is 467 g/mol. The molecule has 2 aromatic carbocycles. The number of ether oxygens (including phenoxy) is 4. The van der Waals surface area contributed by atoms with Crippen LogP contribution in [0.2, 0.25) is 5.02 Å². The molecule has 0 amide bonds. The molecule has 0 aliphatic carbocycles. The summed E-state index contributed by atoms with van der Waals surface area (Å²) < 4.78 is 21.9. The van der Waals surface area contributed by atoms with Gasteiger partial charge in [0.15, 0.2) is 17.4 Å². The second kappa shape index (κ2) is 8.72. The molecule has 170 valence electrons. The van der Waals surface area contributed by atoms with Crippen molar-refractivity contribution in [3.05, 3.63) is 58.7 Å². The summed E-state index contributed by atoms with van der Waals surface area (Å²) in [4.78, 5) is 29.3. The van der Waals surface area contributed by atoms with Gasteiger partial charge in [-0.3, -0.25) is 9.59 Å². The van der Waals surface area contributed by atoms with Gasteiger partial charge in [-0.05, 0) is 29.3 Å². The summed E-state index contributed by atoms with van der Waals surface area (Å²) in [5.74, 6) is -1.78. The van der Waals surface area contributed by atoms with Gasteiger partial charge >= 0.3 is 11.9 Å². The lowest BCUT2D eigenvalue weighted by molar-refractivity contribution is -0.240. The van der Waals surface area contributed by atoms with Crippen molar-refractivity contribution in [2.75, 3.05) is 13.7 Å². The molecule has 1 N–H and O–H groups in total. The Morgan fingerprint density at radius 3 is 2.58 bits per heavy atom. The van der Waals surface area contributed by atoms with Crippen LogP contribution in [-0.4, -0.2) is 36.4 Å². The maximum atomic E-state index is 13.1. The van der Waals surface area contributed by atoms with E-state index in [1.807, 2.05) is 24.3 Å². The van der Waals surface area contributed by atoms with E-state index in [1.165, 1.54) is 21.0 Å². The molecule has 3 aromatic rings. The summed E-state index contributed by atoms with van der Waals surface area (Å²) in [5.41, 5.74) is 2.11. The van der Waals surface area contributed by atoms with E-state index in [9.17, 15) is 9.59 Å². The van der Waals surface area contributed by atoms with E-state index in [0.29, 0.717) is 16.9 Å². The van der Waals surface area contributed by atoms with Crippen molar-refractivity contribution in [1.82, 2.24) is 4.98 Å². The predicted molar refractivity (Wildman–Crippen MR) is 122 cm³/mol. The van der Waals surface area contributed by atoms with Gasteiger partial charge in [0, 0.05) is 36.9 Å². The van der Waals surface area contributed by atoms with E-state index in [-0.39, 0.29) is 17.4 Å². The van der Waals surface area contributed by atoms with Crippen molar-refractivity contribution in [1.29, 1.82) is 0 Å². The van der Waals surface area contributed by atoms with Crippen molar-refractivity contribution in [3.8, 4) is 23.8 Å². The molecule has 0 spiro atoms. The average molecular weight is 468 g/mol. The maximum absolute atomic E-state index is 13.1. The lowest BCUT2D eigenvalue weighted by Crippen LogP contribution is -2.48. The molecule has 8 heteroatoms. The first-order chi connectivity index (χ1) is 15.8. The van der Waals surface area contributed by atoms with Crippen LogP contribution >= 0.6 is 11.6 Å². The highest BCUT2D eigenvalue weighted by Crippen LogP contribution is 2.45. The summed E-state index contributed by atoms with van der Waals surface area (Å²) in [5, 5.41) is 1.07. The van der Waals surface area contributed by atoms with Gasteiger partial charge in [0.1, 0.15) is 6.61 Å². The Bertz CT molecular complexity index is 1250. The standard InChI is InChI=1S/C25H22ClNO6/c1-5-10-31-22-17(26)11-14(12-19(22)30-4)20(16-13-27-18-9-7-6-8-15(16)18)21-23(28)32-25(2,3)33-24(21)29/h1,6-9,11-13,20-21,27H,10H2,2-4H3/t20-/m1/s1. The quantitative estimate of drug-likeness (QED) is 0.328. The highest BCUT2D eigenvalue weighted by molar-refractivity contribution is 6.32. The van der Waals surface area contributed by atoms with Crippen molar-refractivity contribution in [2.45, 2.75) is 25.6 Å². The van der Waals surface area contributed by atoms with Gasteiger partial charge in [0.2, 0.25) is 0 Å². The lowest BCUT2D eigenvalue weighted by atomic mass is 9.79. The number of nitrogens with one attached hydrogen (secondary N) is 1. The molecule has 0 bridgehead atoms. The predicted octanol–water partition coefficient (Wildman–Crippen LogP) is 4.43. The van der Waals surface area contributed by atoms with Crippen LogP contribution in [0.4, 0.5) is 0 Å². The number of fused-ring (bicyclic) bond motifs is 1. The first-order valence-corrected chi connectivity index (χ1v) is 10.6. The molecule has 33 heavy (non-hydrogen) atoms. The zero-order chi connectivity index (χ0) is 23.8. The van der Waals surface area contributed by atoms with Crippen LogP contribution in [0.1, 0.15) is 30.9 Å². The van der Waals surface area contributed by atoms with Gasteiger partial charge in [-0.1, -0.05) is 35.7 Å². The summed E-state index contributed by atoms with van der Waals surface area (Å²) in [7, 11) is 1.46. The van der Waals surface area contributed by atoms with Crippen molar-refractivity contribution in [2.24, 2.45) is 5.92 Å². The highest BCUT2D eigenvalue weighted by Gasteiger charge is 2.49. The zero-order valence-electron chi connectivity index (χ0n) is 18.3. The van der Waals surface area contributed by atoms with Crippen LogP contribution in [0.25, 0.3) is 10.9 Å². The molecule has 7 nitrogen and oxygen atoms in total. The Labute approximate surface area is 195 Å². The molecular formula is C25H22ClNO6. The number of methoxy groups -OCH3 is 1. The third-order valence-electron chi connectivity index (χ3n) is 5.40. The smallest absolute Gasteiger partial charge is 0.324 e. The van der Waals surface area contributed by atoms with Gasteiger partial charge in [0.25, 0.3) is 5.79 Å². The molecule has 0 saturated carbocycles. The Morgan fingerprint density at radius 1 is 1.21 bits per heavy atom. The number of rotatable bonds is 6. The normalized spacial score (nSPS) is 16.6. The van der Waals surface area contributed by atoms with Gasteiger partial charge in [0.05, 0.1) is 12.1 Å². The van der Waals surface area contributed by atoms with Crippen LogP contribution in [0, 0.1) is 18.3 Å². The Morgan fingerprint density at radius 2 is 1.91 bits per heavy atom. The number of hydrogen-bond donors (Lipinski definition) is 1. The Kier molecular flexibility index (Phi) is 5.96. The highest BCUT2D eigenvalue weighted by atomic mass is 35.5. The van der Waals surface area contributed by atoms with Crippen LogP contribution in [0.15, 0.2) is 42.6 Å². The molecule has 0 unspecified atom stereocenters. The average Bonchev–Trinajstić information content (AvgIpc) is 3.18. The third-order valence-corrected chi connectivity index (χ3v) is 5.68. The van der Waals surface area contributed by atoms with E-state index in [2.05, 4.69) is 10.9 Å². The summed E-state index contributed by atoms with van der Waals surface area (Å²) in [6.45, 7) is 3.02. The van der Waals surface area contributed by atoms with Gasteiger partial charge in [-0.25, -0.2) is 0 Å².